The third kappa shape index (κ3) is 5.88. The molecule has 4 nitrogen and oxygen atoms in total. The van der Waals surface area contributed by atoms with Crippen molar-refractivity contribution in [2.24, 2.45) is 5.41 Å². The molecule has 1 saturated carbocycles. The smallest absolute Gasteiger partial charge is 0.384 e. The van der Waals surface area contributed by atoms with Gasteiger partial charge in [-0.1, -0.05) is 58.0 Å². The van der Waals surface area contributed by atoms with Gasteiger partial charge in [-0.25, -0.2) is 0 Å². The van der Waals surface area contributed by atoms with E-state index in [1.165, 1.54) is 12.1 Å². The van der Waals surface area contributed by atoms with Crippen molar-refractivity contribution in [3.63, 3.8) is 0 Å². The number of carbonyl (C=O) groups excluding carboxylic acids is 2. The number of amides is 1. The summed E-state index contributed by atoms with van der Waals surface area (Å²) in [5.41, 5.74) is -0.101. The van der Waals surface area contributed by atoms with Crippen molar-refractivity contribution in [3.05, 3.63) is 62.6 Å². The lowest BCUT2D eigenvalue weighted by molar-refractivity contribution is -0.135. The van der Waals surface area contributed by atoms with E-state index in [1.807, 2.05) is 0 Å². The molecule has 0 saturated heterocycles. The fourth-order valence-electron chi connectivity index (χ4n) is 3.78. The summed E-state index contributed by atoms with van der Waals surface area (Å²) in [6, 6.07) is 9.27. The second-order valence-corrected chi connectivity index (χ2v) is 10.6. The zero-order valence-corrected chi connectivity index (χ0v) is 21.1. The number of hydrogen-bond donors (Lipinski definition) is 2. The number of benzene rings is 2. The van der Waals surface area contributed by atoms with Crippen molar-refractivity contribution in [1.29, 1.82) is 0 Å². The number of carbonyl (C=O) groups is 2. The summed E-state index contributed by atoms with van der Waals surface area (Å²) in [6.45, 7) is -0.141. The number of hydrogen-bond acceptors (Lipinski definition) is 3. The number of halogens is 8. The number of aldehydes is 1. The number of nitrogens with one attached hydrogen (secondary N) is 2. The van der Waals surface area contributed by atoms with Crippen molar-refractivity contribution in [1.82, 2.24) is 5.32 Å². The van der Waals surface area contributed by atoms with Gasteiger partial charge < -0.3 is 15.4 Å². The van der Waals surface area contributed by atoms with Gasteiger partial charge in [0.2, 0.25) is 0 Å². The molecule has 2 aromatic rings. The Kier molecular flexibility index (Phi) is 8.25. The van der Waals surface area contributed by atoms with Crippen LogP contribution in [0, 0.1) is 5.41 Å². The van der Waals surface area contributed by atoms with Crippen LogP contribution in [0.2, 0.25) is 15.1 Å². The maximum atomic E-state index is 12.4. The van der Waals surface area contributed by atoms with E-state index in [0.717, 1.165) is 0 Å². The molecular weight excluding hydrogens is 559 g/mol. The SMILES string of the molecule is O=CC1(CNc2ccc(Cl)c(C(=O)NCCCC(F)(F)F)c2)C(c2cc(Cl)cc(Cl)c2)C1(Cl)Cl. The number of rotatable bonds is 9. The van der Waals surface area contributed by atoms with Crippen LogP contribution in [0.15, 0.2) is 36.4 Å². The fourth-order valence-corrected chi connectivity index (χ4v) is 5.50. The second kappa shape index (κ2) is 10.3. The summed E-state index contributed by atoms with van der Waals surface area (Å²) in [5.74, 6) is -1.21. The fraction of sp³-hybridized carbons (Fsp3) is 0.364. The zero-order valence-electron chi connectivity index (χ0n) is 17.3. The topological polar surface area (TPSA) is 58.2 Å². The van der Waals surface area contributed by atoms with Crippen LogP contribution >= 0.6 is 58.0 Å². The molecule has 2 atom stereocenters. The monoisotopic (exact) mass is 574 g/mol. The Labute approximate surface area is 219 Å². The molecule has 0 aliphatic heterocycles. The highest BCUT2D eigenvalue weighted by atomic mass is 35.5. The maximum Gasteiger partial charge on any atom is 0.389 e. The highest BCUT2D eigenvalue weighted by Crippen LogP contribution is 2.73. The van der Waals surface area contributed by atoms with Crippen LogP contribution in [0.4, 0.5) is 18.9 Å². The molecule has 2 aromatic carbocycles. The lowest BCUT2D eigenvalue weighted by atomic mass is 10.00. The van der Waals surface area contributed by atoms with E-state index in [4.69, 9.17) is 58.0 Å². The third-order valence-electron chi connectivity index (χ3n) is 5.56. The summed E-state index contributed by atoms with van der Waals surface area (Å²) in [5, 5.41) is 6.31. The number of alkyl halides is 5. The van der Waals surface area contributed by atoms with Crippen molar-refractivity contribution in [2.75, 3.05) is 18.4 Å². The Bertz CT molecular complexity index is 1080. The van der Waals surface area contributed by atoms with Crippen molar-refractivity contribution in [3.8, 4) is 0 Å². The zero-order chi connectivity index (χ0) is 25.3. The first-order chi connectivity index (χ1) is 15.8. The van der Waals surface area contributed by atoms with Gasteiger partial charge in [0.25, 0.3) is 5.91 Å². The molecule has 1 aliphatic carbocycles. The first-order valence-corrected chi connectivity index (χ1v) is 11.9. The third-order valence-corrected chi connectivity index (χ3v) is 7.47. The Hall–Kier alpha value is -1.38. The molecule has 184 valence electrons. The van der Waals surface area contributed by atoms with E-state index in [2.05, 4.69) is 10.6 Å². The molecule has 3 rings (SSSR count). The first-order valence-electron chi connectivity index (χ1n) is 9.99. The minimum absolute atomic E-state index is 0.0204. The summed E-state index contributed by atoms with van der Waals surface area (Å²) in [7, 11) is 0. The maximum absolute atomic E-state index is 12.4. The Balaban J connectivity index is 1.71. The summed E-state index contributed by atoms with van der Waals surface area (Å²) in [4.78, 5) is 24.5. The van der Waals surface area contributed by atoms with Crippen LogP contribution in [-0.4, -0.2) is 35.8 Å². The molecule has 1 aliphatic rings. The molecule has 0 bridgehead atoms. The highest BCUT2D eigenvalue weighted by molar-refractivity contribution is 6.54. The van der Waals surface area contributed by atoms with E-state index < -0.39 is 34.2 Å². The van der Waals surface area contributed by atoms with Gasteiger partial charge in [0, 0.05) is 41.2 Å². The van der Waals surface area contributed by atoms with Gasteiger partial charge in [0.1, 0.15) is 10.6 Å². The van der Waals surface area contributed by atoms with Crippen molar-refractivity contribution in [2.45, 2.75) is 29.3 Å². The average molecular weight is 577 g/mol. The lowest BCUT2D eigenvalue weighted by Gasteiger charge is -2.15. The van der Waals surface area contributed by atoms with Crippen LogP contribution in [0.1, 0.15) is 34.7 Å². The average Bonchev–Trinajstić information content (AvgIpc) is 3.23. The Morgan fingerprint density at radius 3 is 2.29 bits per heavy atom. The molecule has 12 heteroatoms. The quantitative estimate of drug-likeness (QED) is 0.187. The van der Waals surface area contributed by atoms with Gasteiger partial charge in [-0.05, 0) is 48.4 Å². The van der Waals surface area contributed by atoms with Gasteiger partial charge in [-0.3, -0.25) is 4.79 Å². The molecule has 0 radical (unpaired) electrons. The first kappa shape index (κ1) is 27.2. The van der Waals surface area contributed by atoms with Gasteiger partial charge in [-0.15, -0.1) is 0 Å². The van der Waals surface area contributed by atoms with Crippen molar-refractivity contribution >= 4 is 75.9 Å². The predicted molar refractivity (Wildman–Crippen MR) is 130 cm³/mol. The molecule has 0 heterocycles. The van der Waals surface area contributed by atoms with E-state index in [0.29, 0.717) is 27.6 Å². The summed E-state index contributed by atoms with van der Waals surface area (Å²) >= 11 is 31.2. The second-order valence-electron chi connectivity index (χ2n) is 7.94. The minimum atomic E-state index is -4.29. The van der Waals surface area contributed by atoms with Gasteiger partial charge >= 0.3 is 6.18 Å². The Morgan fingerprint density at radius 2 is 1.71 bits per heavy atom. The van der Waals surface area contributed by atoms with E-state index in [-0.39, 0.29) is 30.1 Å². The highest BCUT2D eigenvalue weighted by Gasteiger charge is 2.76. The van der Waals surface area contributed by atoms with Gasteiger partial charge in [0.05, 0.1) is 16.0 Å². The minimum Gasteiger partial charge on any atom is -0.384 e. The number of anilines is 1. The van der Waals surface area contributed by atoms with Crippen LogP contribution in [0.5, 0.6) is 0 Å². The lowest BCUT2D eigenvalue weighted by Crippen LogP contribution is -2.26. The van der Waals surface area contributed by atoms with Crippen LogP contribution in [-0.2, 0) is 4.79 Å². The molecule has 2 unspecified atom stereocenters. The molecule has 1 fully saturated rings. The molecule has 2 N–H and O–H groups in total. The molecule has 1 amide bonds. The van der Waals surface area contributed by atoms with Crippen LogP contribution in [0.3, 0.4) is 0 Å². The van der Waals surface area contributed by atoms with Gasteiger partial charge in [-0.2, -0.15) is 13.2 Å². The van der Waals surface area contributed by atoms with E-state index in [9.17, 15) is 22.8 Å². The van der Waals surface area contributed by atoms with Crippen LogP contribution in [0.25, 0.3) is 0 Å². The Morgan fingerprint density at radius 1 is 1.06 bits per heavy atom. The van der Waals surface area contributed by atoms with Crippen molar-refractivity contribution < 1.29 is 22.8 Å². The van der Waals surface area contributed by atoms with Crippen LogP contribution < -0.4 is 10.6 Å². The molecule has 0 spiro atoms. The van der Waals surface area contributed by atoms with E-state index >= 15 is 0 Å². The standard InChI is InChI=1S/C22H18Cl5F3N2O2/c23-13-6-12(7-14(24)8-13)18-20(11-33,22(18,26)27)10-32-15-2-3-17(25)16(9-15)19(34)31-5-1-4-21(28,29)30/h2-3,6-9,11,18,32H,1,4-5,10H2,(H,31,34). The molecule has 34 heavy (non-hydrogen) atoms. The predicted octanol–water partition coefficient (Wildman–Crippen LogP) is 7.29. The summed E-state index contributed by atoms with van der Waals surface area (Å²) in [6.07, 6.45) is -4.88. The molecular formula is C22H18Cl5F3N2O2. The normalized spacial score (nSPS) is 21.1. The largest absolute Gasteiger partial charge is 0.389 e. The summed E-state index contributed by atoms with van der Waals surface area (Å²) < 4.78 is 35.4. The molecule has 0 aromatic heterocycles. The van der Waals surface area contributed by atoms with Gasteiger partial charge in [0.15, 0.2) is 0 Å². The van der Waals surface area contributed by atoms with E-state index in [1.54, 1.807) is 24.3 Å².